The lowest BCUT2D eigenvalue weighted by Gasteiger charge is -2.20. The second-order valence-corrected chi connectivity index (χ2v) is 5.54. The largest absolute Gasteiger partial charge is 0.506 e. The Balaban J connectivity index is 3.06. The molecule has 18 heavy (non-hydrogen) atoms. The van der Waals surface area contributed by atoms with Gasteiger partial charge in [0.2, 0.25) is 0 Å². The van der Waals surface area contributed by atoms with Gasteiger partial charge in [0, 0.05) is 5.70 Å². The summed E-state index contributed by atoms with van der Waals surface area (Å²) in [6.07, 6.45) is 1.50. The SMILES string of the molecule is CC(=O)/C=C(\C)Nc1cc(C(C)(C)C)ccc1O. The quantitative estimate of drug-likeness (QED) is 0.634. The standard InChI is InChI=1S/C15H21NO2/c1-10(8-11(2)17)16-13-9-12(15(3,4)5)6-7-14(13)18/h6-9,16,18H,1-5H3/b10-8+. The van der Waals surface area contributed by atoms with Crippen molar-refractivity contribution < 1.29 is 9.90 Å². The Morgan fingerprint density at radius 3 is 2.39 bits per heavy atom. The Bertz CT molecular complexity index is 482. The van der Waals surface area contributed by atoms with E-state index in [4.69, 9.17) is 0 Å². The van der Waals surface area contributed by atoms with Gasteiger partial charge in [0.05, 0.1) is 5.69 Å². The summed E-state index contributed by atoms with van der Waals surface area (Å²) in [5, 5.41) is 12.9. The molecular formula is C15H21NO2. The van der Waals surface area contributed by atoms with E-state index in [0.717, 1.165) is 5.56 Å². The summed E-state index contributed by atoms with van der Waals surface area (Å²) in [6, 6.07) is 5.49. The molecule has 0 radical (unpaired) electrons. The second-order valence-electron chi connectivity index (χ2n) is 5.54. The van der Waals surface area contributed by atoms with Gasteiger partial charge in [-0.15, -0.1) is 0 Å². The predicted molar refractivity (Wildman–Crippen MR) is 74.9 cm³/mol. The lowest BCUT2D eigenvalue weighted by atomic mass is 9.87. The van der Waals surface area contributed by atoms with Crippen LogP contribution in [-0.2, 0) is 10.2 Å². The Kier molecular flexibility index (Phi) is 4.17. The van der Waals surface area contributed by atoms with Crippen molar-refractivity contribution >= 4 is 11.5 Å². The van der Waals surface area contributed by atoms with Crippen LogP contribution in [0.15, 0.2) is 30.0 Å². The van der Waals surface area contributed by atoms with Gasteiger partial charge in [-0.05, 0) is 43.0 Å². The summed E-state index contributed by atoms with van der Waals surface area (Å²) < 4.78 is 0. The van der Waals surface area contributed by atoms with Crippen molar-refractivity contribution in [3.05, 3.63) is 35.5 Å². The minimum absolute atomic E-state index is 0.0162. The third kappa shape index (κ3) is 3.91. The van der Waals surface area contributed by atoms with E-state index in [2.05, 4.69) is 26.1 Å². The van der Waals surface area contributed by atoms with Crippen LogP contribution in [0.4, 0.5) is 5.69 Å². The number of hydrogen-bond acceptors (Lipinski definition) is 3. The summed E-state index contributed by atoms with van der Waals surface area (Å²) in [5.41, 5.74) is 2.47. The molecule has 2 N–H and O–H groups in total. The van der Waals surface area contributed by atoms with E-state index >= 15 is 0 Å². The van der Waals surface area contributed by atoms with Gasteiger partial charge in [0.25, 0.3) is 0 Å². The molecule has 0 fully saturated rings. The van der Waals surface area contributed by atoms with Gasteiger partial charge in [0.15, 0.2) is 5.78 Å². The topological polar surface area (TPSA) is 49.3 Å². The fourth-order valence-electron chi connectivity index (χ4n) is 1.66. The molecular weight excluding hydrogens is 226 g/mol. The molecule has 1 aromatic rings. The maximum Gasteiger partial charge on any atom is 0.154 e. The first kappa shape index (κ1) is 14.3. The zero-order valence-corrected chi connectivity index (χ0v) is 11.7. The third-order valence-electron chi connectivity index (χ3n) is 2.61. The predicted octanol–water partition coefficient (Wildman–Crippen LogP) is 3.59. The van der Waals surface area contributed by atoms with Gasteiger partial charge in [-0.2, -0.15) is 0 Å². The number of ketones is 1. The van der Waals surface area contributed by atoms with Crippen LogP contribution in [-0.4, -0.2) is 10.9 Å². The summed E-state index contributed by atoms with van der Waals surface area (Å²) in [4.78, 5) is 11.0. The number of hydrogen-bond donors (Lipinski definition) is 2. The maximum atomic E-state index is 11.0. The highest BCUT2D eigenvalue weighted by atomic mass is 16.3. The summed E-state index contributed by atoms with van der Waals surface area (Å²) in [6.45, 7) is 9.63. The smallest absolute Gasteiger partial charge is 0.154 e. The van der Waals surface area contributed by atoms with Crippen molar-refractivity contribution in [1.82, 2.24) is 0 Å². The molecule has 0 saturated carbocycles. The zero-order chi connectivity index (χ0) is 13.9. The molecule has 0 unspecified atom stereocenters. The van der Waals surface area contributed by atoms with Crippen molar-refractivity contribution in [1.29, 1.82) is 0 Å². The molecule has 0 heterocycles. The molecule has 0 saturated heterocycles. The fraction of sp³-hybridized carbons (Fsp3) is 0.400. The number of anilines is 1. The van der Waals surface area contributed by atoms with Gasteiger partial charge in [-0.25, -0.2) is 0 Å². The van der Waals surface area contributed by atoms with E-state index in [-0.39, 0.29) is 16.9 Å². The van der Waals surface area contributed by atoms with Crippen LogP contribution < -0.4 is 5.32 Å². The minimum Gasteiger partial charge on any atom is -0.506 e. The number of carbonyl (C=O) groups excluding carboxylic acids is 1. The fourth-order valence-corrected chi connectivity index (χ4v) is 1.66. The highest BCUT2D eigenvalue weighted by molar-refractivity contribution is 5.88. The van der Waals surface area contributed by atoms with Crippen molar-refractivity contribution in [3.63, 3.8) is 0 Å². The molecule has 3 heteroatoms. The van der Waals surface area contributed by atoms with Crippen LogP contribution in [0.2, 0.25) is 0 Å². The molecule has 0 bridgehead atoms. The molecule has 0 aliphatic carbocycles. The first-order valence-corrected chi connectivity index (χ1v) is 5.99. The second kappa shape index (κ2) is 5.25. The van der Waals surface area contributed by atoms with Gasteiger partial charge in [-0.1, -0.05) is 26.8 Å². The first-order valence-electron chi connectivity index (χ1n) is 5.99. The van der Waals surface area contributed by atoms with Crippen molar-refractivity contribution in [2.24, 2.45) is 0 Å². The number of phenolic OH excluding ortho intramolecular Hbond substituents is 1. The van der Waals surface area contributed by atoms with Crippen LogP contribution in [0.1, 0.15) is 40.2 Å². The molecule has 98 valence electrons. The molecule has 0 spiro atoms. The van der Waals surface area contributed by atoms with E-state index < -0.39 is 0 Å². The Morgan fingerprint density at radius 2 is 1.89 bits per heavy atom. The van der Waals surface area contributed by atoms with Crippen molar-refractivity contribution in [2.75, 3.05) is 5.32 Å². The molecule has 0 amide bonds. The lowest BCUT2D eigenvalue weighted by molar-refractivity contribution is -0.112. The number of carbonyl (C=O) groups is 1. The minimum atomic E-state index is -0.0218. The molecule has 0 aromatic heterocycles. The number of nitrogens with one attached hydrogen (secondary N) is 1. The Morgan fingerprint density at radius 1 is 1.28 bits per heavy atom. The average molecular weight is 247 g/mol. The van der Waals surface area contributed by atoms with E-state index in [1.54, 1.807) is 13.0 Å². The molecule has 0 aliphatic heterocycles. The third-order valence-corrected chi connectivity index (χ3v) is 2.61. The number of allylic oxidation sites excluding steroid dienone is 2. The van der Waals surface area contributed by atoms with Crippen LogP contribution in [0.5, 0.6) is 5.75 Å². The summed E-state index contributed by atoms with van der Waals surface area (Å²) in [7, 11) is 0. The summed E-state index contributed by atoms with van der Waals surface area (Å²) >= 11 is 0. The summed E-state index contributed by atoms with van der Waals surface area (Å²) in [5.74, 6) is 0.158. The Labute approximate surface area is 109 Å². The van der Waals surface area contributed by atoms with E-state index in [9.17, 15) is 9.90 Å². The molecule has 1 aromatic carbocycles. The van der Waals surface area contributed by atoms with Crippen LogP contribution in [0.25, 0.3) is 0 Å². The number of aromatic hydroxyl groups is 1. The maximum absolute atomic E-state index is 11.0. The van der Waals surface area contributed by atoms with Gasteiger partial charge in [0.1, 0.15) is 5.75 Å². The van der Waals surface area contributed by atoms with Crippen molar-refractivity contribution in [3.8, 4) is 5.75 Å². The normalized spacial score (nSPS) is 12.4. The number of benzene rings is 1. The van der Waals surface area contributed by atoms with E-state index in [1.165, 1.54) is 13.0 Å². The van der Waals surface area contributed by atoms with Crippen LogP contribution in [0, 0.1) is 0 Å². The Hall–Kier alpha value is -1.77. The van der Waals surface area contributed by atoms with Gasteiger partial charge >= 0.3 is 0 Å². The average Bonchev–Trinajstić information content (AvgIpc) is 2.18. The van der Waals surface area contributed by atoms with Crippen molar-refractivity contribution in [2.45, 2.75) is 40.0 Å². The molecule has 1 rings (SSSR count). The van der Waals surface area contributed by atoms with E-state index in [0.29, 0.717) is 11.4 Å². The monoisotopic (exact) mass is 247 g/mol. The molecule has 0 atom stereocenters. The zero-order valence-electron chi connectivity index (χ0n) is 11.7. The highest BCUT2D eigenvalue weighted by Crippen LogP contribution is 2.31. The van der Waals surface area contributed by atoms with Gasteiger partial charge < -0.3 is 10.4 Å². The first-order chi connectivity index (χ1) is 8.20. The highest BCUT2D eigenvalue weighted by Gasteiger charge is 2.15. The van der Waals surface area contributed by atoms with E-state index in [1.807, 2.05) is 12.1 Å². The molecule has 3 nitrogen and oxygen atoms in total. The van der Waals surface area contributed by atoms with Gasteiger partial charge in [-0.3, -0.25) is 4.79 Å². The lowest BCUT2D eigenvalue weighted by Crippen LogP contribution is -2.11. The molecule has 0 aliphatic rings. The number of rotatable bonds is 3. The van der Waals surface area contributed by atoms with Crippen LogP contribution in [0.3, 0.4) is 0 Å². The van der Waals surface area contributed by atoms with Crippen LogP contribution >= 0.6 is 0 Å². The number of phenols is 1.